The first-order valence-corrected chi connectivity index (χ1v) is 6.20. The molecular weight excluding hydrogens is 212 g/mol. The molecule has 1 fully saturated rings. The summed E-state index contributed by atoms with van der Waals surface area (Å²) in [6.45, 7) is 4.41. The van der Waals surface area contributed by atoms with Crippen LogP contribution in [0, 0.1) is 5.92 Å². The largest absolute Gasteiger partial charge is 0.320 e. The summed E-state index contributed by atoms with van der Waals surface area (Å²) in [7, 11) is 0. The third-order valence-corrected chi connectivity index (χ3v) is 3.31. The Bertz CT molecular complexity index is 552. The van der Waals surface area contributed by atoms with Crippen LogP contribution in [0.3, 0.4) is 0 Å². The summed E-state index contributed by atoms with van der Waals surface area (Å²) in [6, 6.07) is 2.01. The Morgan fingerprint density at radius 2 is 2.24 bits per heavy atom. The lowest BCUT2D eigenvalue weighted by atomic mass is 10.1. The van der Waals surface area contributed by atoms with Crippen molar-refractivity contribution in [2.75, 3.05) is 0 Å². The van der Waals surface area contributed by atoms with E-state index in [1.807, 2.05) is 16.8 Å². The van der Waals surface area contributed by atoms with Crippen molar-refractivity contribution in [3.63, 3.8) is 0 Å². The second-order valence-corrected chi connectivity index (χ2v) is 5.55. The van der Waals surface area contributed by atoms with E-state index in [0.29, 0.717) is 5.92 Å². The third kappa shape index (κ3) is 1.93. The number of fused-ring (bicyclic) bond motifs is 1. The SMILES string of the molecule is CC(C)Cc1cnc2cc(C3(N)CC3)nn2c1. The van der Waals surface area contributed by atoms with Crippen LogP contribution in [-0.2, 0) is 12.0 Å². The summed E-state index contributed by atoms with van der Waals surface area (Å²) < 4.78 is 1.86. The maximum atomic E-state index is 6.15. The zero-order valence-electron chi connectivity index (χ0n) is 10.3. The zero-order valence-corrected chi connectivity index (χ0v) is 10.3. The molecule has 4 nitrogen and oxygen atoms in total. The van der Waals surface area contributed by atoms with Gasteiger partial charge in [-0.25, -0.2) is 9.50 Å². The molecule has 4 heteroatoms. The summed E-state index contributed by atoms with van der Waals surface area (Å²) in [5, 5.41) is 4.54. The highest BCUT2D eigenvalue weighted by molar-refractivity contribution is 5.42. The predicted octanol–water partition coefficient (Wildman–Crippen LogP) is 1.88. The van der Waals surface area contributed by atoms with Gasteiger partial charge in [-0.15, -0.1) is 0 Å². The maximum Gasteiger partial charge on any atom is 0.155 e. The molecule has 2 aromatic heterocycles. The molecule has 0 unspecified atom stereocenters. The summed E-state index contributed by atoms with van der Waals surface area (Å²) in [4.78, 5) is 4.44. The van der Waals surface area contributed by atoms with Crippen molar-refractivity contribution in [2.24, 2.45) is 11.7 Å². The fraction of sp³-hybridized carbons (Fsp3) is 0.538. The average Bonchev–Trinajstić information content (AvgIpc) is 2.87. The lowest BCUT2D eigenvalue weighted by molar-refractivity contribution is 0.639. The molecule has 0 amide bonds. The van der Waals surface area contributed by atoms with Gasteiger partial charge in [-0.3, -0.25) is 0 Å². The van der Waals surface area contributed by atoms with Crippen LogP contribution in [0.15, 0.2) is 18.5 Å². The van der Waals surface area contributed by atoms with E-state index in [9.17, 15) is 0 Å². The van der Waals surface area contributed by atoms with Crippen molar-refractivity contribution >= 4 is 5.65 Å². The highest BCUT2D eigenvalue weighted by Gasteiger charge is 2.42. The van der Waals surface area contributed by atoms with Gasteiger partial charge in [0.25, 0.3) is 0 Å². The van der Waals surface area contributed by atoms with Crippen LogP contribution in [0.4, 0.5) is 0 Å². The van der Waals surface area contributed by atoms with Crippen LogP contribution in [0.1, 0.15) is 37.9 Å². The van der Waals surface area contributed by atoms with Gasteiger partial charge in [-0.2, -0.15) is 5.10 Å². The van der Waals surface area contributed by atoms with E-state index in [2.05, 4.69) is 30.1 Å². The monoisotopic (exact) mass is 230 g/mol. The first-order valence-electron chi connectivity index (χ1n) is 6.20. The molecule has 0 spiro atoms. The van der Waals surface area contributed by atoms with E-state index in [-0.39, 0.29) is 5.54 Å². The van der Waals surface area contributed by atoms with E-state index in [1.165, 1.54) is 5.56 Å². The molecule has 2 heterocycles. The summed E-state index contributed by atoms with van der Waals surface area (Å²) in [6.07, 6.45) is 7.12. The number of hydrogen-bond donors (Lipinski definition) is 1. The van der Waals surface area contributed by atoms with Crippen LogP contribution in [0.5, 0.6) is 0 Å². The highest BCUT2D eigenvalue weighted by Crippen LogP contribution is 2.41. The second kappa shape index (κ2) is 3.53. The molecule has 1 aliphatic carbocycles. The number of nitrogens with two attached hydrogens (primary N) is 1. The Labute approximate surface area is 101 Å². The van der Waals surface area contributed by atoms with Gasteiger partial charge in [0.15, 0.2) is 5.65 Å². The van der Waals surface area contributed by atoms with Gasteiger partial charge in [-0.05, 0) is 30.7 Å². The minimum absolute atomic E-state index is 0.175. The lowest BCUT2D eigenvalue weighted by Gasteiger charge is -2.04. The summed E-state index contributed by atoms with van der Waals surface area (Å²) >= 11 is 0. The molecule has 90 valence electrons. The molecule has 17 heavy (non-hydrogen) atoms. The van der Waals surface area contributed by atoms with Crippen LogP contribution in [0.25, 0.3) is 5.65 Å². The van der Waals surface area contributed by atoms with Crippen molar-refractivity contribution in [3.05, 3.63) is 29.7 Å². The van der Waals surface area contributed by atoms with E-state index >= 15 is 0 Å². The minimum atomic E-state index is -0.175. The Balaban J connectivity index is 1.99. The van der Waals surface area contributed by atoms with Crippen molar-refractivity contribution in [2.45, 2.75) is 38.6 Å². The smallest absolute Gasteiger partial charge is 0.155 e. The van der Waals surface area contributed by atoms with Gasteiger partial charge >= 0.3 is 0 Å². The van der Waals surface area contributed by atoms with E-state index in [4.69, 9.17) is 5.73 Å². The Morgan fingerprint density at radius 3 is 2.88 bits per heavy atom. The topological polar surface area (TPSA) is 56.2 Å². The molecule has 0 atom stereocenters. The first kappa shape index (κ1) is 10.7. The molecule has 0 aromatic carbocycles. The molecule has 1 saturated carbocycles. The number of nitrogens with zero attached hydrogens (tertiary/aromatic N) is 3. The summed E-state index contributed by atoms with van der Waals surface area (Å²) in [5.41, 5.74) is 9.07. The fourth-order valence-electron chi connectivity index (χ4n) is 2.13. The van der Waals surface area contributed by atoms with Crippen molar-refractivity contribution < 1.29 is 0 Å². The van der Waals surface area contributed by atoms with Gasteiger partial charge in [0.2, 0.25) is 0 Å². The number of aromatic nitrogens is 3. The second-order valence-electron chi connectivity index (χ2n) is 5.55. The first-order chi connectivity index (χ1) is 8.07. The zero-order chi connectivity index (χ0) is 12.0. The number of hydrogen-bond acceptors (Lipinski definition) is 3. The maximum absolute atomic E-state index is 6.15. The standard InChI is InChI=1S/C13H18N4/c1-9(2)5-10-7-15-12-6-11(13(14)3-4-13)16-17(12)8-10/h6-9H,3-5,14H2,1-2H3. The van der Waals surface area contributed by atoms with Crippen molar-refractivity contribution in [3.8, 4) is 0 Å². The molecule has 1 aliphatic rings. The Morgan fingerprint density at radius 1 is 1.47 bits per heavy atom. The number of rotatable bonds is 3. The van der Waals surface area contributed by atoms with Crippen LogP contribution in [0.2, 0.25) is 0 Å². The van der Waals surface area contributed by atoms with Crippen molar-refractivity contribution in [1.82, 2.24) is 14.6 Å². The lowest BCUT2D eigenvalue weighted by Crippen LogP contribution is -2.19. The fourth-order valence-corrected chi connectivity index (χ4v) is 2.13. The minimum Gasteiger partial charge on any atom is -0.320 e. The van der Waals surface area contributed by atoms with E-state index in [1.54, 1.807) is 0 Å². The Kier molecular flexibility index (Phi) is 2.23. The Hall–Kier alpha value is -1.42. The van der Waals surface area contributed by atoms with Gasteiger partial charge in [-0.1, -0.05) is 13.8 Å². The van der Waals surface area contributed by atoms with Gasteiger partial charge < -0.3 is 5.73 Å². The van der Waals surface area contributed by atoms with Gasteiger partial charge in [0.05, 0.1) is 11.2 Å². The molecule has 0 bridgehead atoms. The molecule has 3 rings (SSSR count). The highest BCUT2D eigenvalue weighted by atomic mass is 15.3. The molecule has 2 aromatic rings. The average molecular weight is 230 g/mol. The van der Waals surface area contributed by atoms with E-state index < -0.39 is 0 Å². The molecule has 0 saturated heterocycles. The predicted molar refractivity (Wildman–Crippen MR) is 66.6 cm³/mol. The summed E-state index contributed by atoms with van der Waals surface area (Å²) in [5.74, 6) is 0.633. The quantitative estimate of drug-likeness (QED) is 0.875. The van der Waals surface area contributed by atoms with Gasteiger partial charge in [0, 0.05) is 18.5 Å². The van der Waals surface area contributed by atoms with Crippen molar-refractivity contribution in [1.29, 1.82) is 0 Å². The molecule has 0 aliphatic heterocycles. The molecular formula is C13H18N4. The van der Waals surface area contributed by atoms with Gasteiger partial charge in [0.1, 0.15) is 0 Å². The molecule has 0 radical (unpaired) electrons. The normalized spacial score (nSPS) is 17.9. The third-order valence-electron chi connectivity index (χ3n) is 3.31. The van der Waals surface area contributed by atoms with Crippen LogP contribution in [-0.4, -0.2) is 14.6 Å². The molecule has 2 N–H and O–H groups in total. The van der Waals surface area contributed by atoms with Crippen LogP contribution < -0.4 is 5.73 Å². The van der Waals surface area contributed by atoms with E-state index in [0.717, 1.165) is 30.6 Å². The van der Waals surface area contributed by atoms with Crippen LogP contribution >= 0.6 is 0 Å².